The van der Waals surface area contributed by atoms with E-state index in [4.69, 9.17) is 9.47 Å². The molecule has 0 bridgehead atoms. The Morgan fingerprint density at radius 3 is 2.34 bits per heavy atom. The third-order valence-corrected chi connectivity index (χ3v) is 5.49. The Kier molecular flexibility index (Phi) is 6.29. The lowest BCUT2D eigenvalue weighted by molar-refractivity contribution is 0.0169. The van der Waals surface area contributed by atoms with Crippen molar-refractivity contribution >= 4 is 18.0 Å². The minimum Gasteiger partial charge on any atom is -0.462 e. The maximum atomic E-state index is 12.4. The van der Waals surface area contributed by atoms with E-state index in [1.807, 2.05) is 27.7 Å². The summed E-state index contributed by atoms with van der Waals surface area (Å²) in [7, 11) is 0. The van der Waals surface area contributed by atoms with Gasteiger partial charge in [-0.15, -0.1) is 0 Å². The van der Waals surface area contributed by atoms with Gasteiger partial charge in [0.2, 0.25) is 5.95 Å². The second-order valence-electron chi connectivity index (χ2n) is 8.85. The number of esters is 1. The van der Waals surface area contributed by atoms with Crippen molar-refractivity contribution in [2.45, 2.75) is 70.9 Å². The quantitative estimate of drug-likeness (QED) is 0.711. The maximum Gasteiger partial charge on any atom is 0.410 e. The van der Waals surface area contributed by atoms with Crippen LogP contribution in [0.3, 0.4) is 0 Å². The number of carbonyl (C=O) groups is 2. The SMILES string of the molecule is CCCOC(=O)c1cnc(N2CCCC23CCN(C(=O)OC(C)(C)C)CC3)nc1. The van der Waals surface area contributed by atoms with Gasteiger partial charge in [0.25, 0.3) is 0 Å². The molecule has 1 aromatic rings. The summed E-state index contributed by atoms with van der Waals surface area (Å²) in [6.07, 6.45) is 7.45. The summed E-state index contributed by atoms with van der Waals surface area (Å²) in [4.78, 5) is 37.3. The molecule has 1 aromatic heterocycles. The van der Waals surface area contributed by atoms with Gasteiger partial charge in [-0.1, -0.05) is 6.92 Å². The van der Waals surface area contributed by atoms with Gasteiger partial charge in [0.1, 0.15) is 5.60 Å². The molecule has 0 unspecified atom stereocenters. The normalized spacial score (nSPS) is 18.8. The number of amides is 1. The molecule has 0 N–H and O–H groups in total. The highest BCUT2D eigenvalue weighted by Gasteiger charge is 2.45. The molecule has 0 atom stereocenters. The van der Waals surface area contributed by atoms with E-state index in [0.29, 0.717) is 31.2 Å². The lowest BCUT2D eigenvalue weighted by atomic mass is 9.85. The Balaban J connectivity index is 1.64. The molecule has 3 heterocycles. The second-order valence-corrected chi connectivity index (χ2v) is 8.85. The van der Waals surface area contributed by atoms with Crippen LogP contribution in [0.1, 0.15) is 70.2 Å². The summed E-state index contributed by atoms with van der Waals surface area (Å²) in [5.74, 6) is 0.250. The van der Waals surface area contributed by atoms with Crippen LogP contribution in [0.25, 0.3) is 0 Å². The predicted molar refractivity (Wildman–Crippen MR) is 109 cm³/mol. The van der Waals surface area contributed by atoms with Crippen LogP contribution in [0.2, 0.25) is 0 Å². The van der Waals surface area contributed by atoms with Crippen LogP contribution in [-0.2, 0) is 9.47 Å². The van der Waals surface area contributed by atoms with Crippen molar-refractivity contribution in [2.75, 3.05) is 31.1 Å². The largest absolute Gasteiger partial charge is 0.462 e. The van der Waals surface area contributed by atoms with E-state index in [1.165, 1.54) is 0 Å². The molecule has 0 saturated carbocycles. The molecule has 3 rings (SSSR count). The molecule has 8 heteroatoms. The van der Waals surface area contributed by atoms with E-state index >= 15 is 0 Å². The fourth-order valence-electron chi connectivity index (χ4n) is 4.05. The summed E-state index contributed by atoms with van der Waals surface area (Å²) in [5.41, 5.74) is -0.155. The molecule has 2 aliphatic heterocycles. The van der Waals surface area contributed by atoms with Crippen LogP contribution in [0.4, 0.5) is 10.7 Å². The molecular weight excluding hydrogens is 372 g/mol. The van der Waals surface area contributed by atoms with Gasteiger partial charge in [0, 0.05) is 37.6 Å². The number of nitrogens with zero attached hydrogens (tertiary/aromatic N) is 4. The molecule has 0 aromatic carbocycles. The number of rotatable bonds is 4. The van der Waals surface area contributed by atoms with Crippen molar-refractivity contribution < 1.29 is 19.1 Å². The number of piperidine rings is 1. The van der Waals surface area contributed by atoms with Crippen molar-refractivity contribution in [1.82, 2.24) is 14.9 Å². The minimum absolute atomic E-state index is 0.0389. The van der Waals surface area contributed by atoms with Gasteiger partial charge < -0.3 is 19.3 Å². The smallest absolute Gasteiger partial charge is 0.410 e. The predicted octanol–water partition coefficient (Wildman–Crippen LogP) is 3.41. The Morgan fingerprint density at radius 2 is 1.76 bits per heavy atom. The highest BCUT2D eigenvalue weighted by molar-refractivity contribution is 5.88. The first kappa shape index (κ1) is 21.3. The van der Waals surface area contributed by atoms with Crippen LogP contribution in [-0.4, -0.2) is 64.3 Å². The monoisotopic (exact) mass is 404 g/mol. The van der Waals surface area contributed by atoms with Crippen molar-refractivity contribution in [1.29, 1.82) is 0 Å². The van der Waals surface area contributed by atoms with Gasteiger partial charge >= 0.3 is 12.1 Å². The van der Waals surface area contributed by atoms with Crippen molar-refractivity contribution in [2.24, 2.45) is 0 Å². The van der Waals surface area contributed by atoms with E-state index in [1.54, 1.807) is 17.3 Å². The standard InChI is InChI=1S/C21H32N4O4/c1-5-13-28-17(26)16-14-22-18(23-15-16)25-10-6-7-21(25)8-11-24(12-9-21)19(27)29-20(2,3)4/h14-15H,5-13H2,1-4H3. The summed E-state index contributed by atoms with van der Waals surface area (Å²) in [6.45, 7) is 10.2. The van der Waals surface area contributed by atoms with Gasteiger partial charge in [-0.05, 0) is 52.9 Å². The summed E-state index contributed by atoms with van der Waals surface area (Å²) in [6, 6.07) is 0. The zero-order chi connectivity index (χ0) is 21.1. The molecule has 8 nitrogen and oxygen atoms in total. The minimum atomic E-state index is -0.487. The number of hydrogen-bond acceptors (Lipinski definition) is 7. The van der Waals surface area contributed by atoms with E-state index in [2.05, 4.69) is 14.9 Å². The molecule has 0 aliphatic carbocycles. The number of likely N-dealkylation sites (tertiary alicyclic amines) is 1. The third kappa shape index (κ3) is 4.97. The summed E-state index contributed by atoms with van der Waals surface area (Å²) in [5, 5.41) is 0. The maximum absolute atomic E-state index is 12.4. The highest BCUT2D eigenvalue weighted by atomic mass is 16.6. The molecule has 29 heavy (non-hydrogen) atoms. The van der Waals surface area contributed by atoms with Crippen molar-refractivity contribution in [3.05, 3.63) is 18.0 Å². The van der Waals surface area contributed by atoms with Gasteiger partial charge in [0.05, 0.1) is 12.2 Å². The van der Waals surface area contributed by atoms with Crippen LogP contribution in [0.5, 0.6) is 0 Å². The third-order valence-electron chi connectivity index (χ3n) is 5.49. The Morgan fingerprint density at radius 1 is 1.10 bits per heavy atom. The molecule has 1 amide bonds. The lowest BCUT2D eigenvalue weighted by Crippen LogP contribution is -2.54. The number of aromatic nitrogens is 2. The zero-order valence-electron chi connectivity index (χ0n) is 17.9. The number of hydrogen-bond donors (Lipinski definition) is 0. The van der Waals surface area contributed by atoms with E-state index < -0.39 is 5.60 Å². The van der Waals surface area contributed by atoms with E-state index in [9.17, 15) is 9.59 Å². The zero-order valence-corrected chi connectivity index (χ0v) is 17.9. The molecule has 2 fully saturated rings. The Hall–Kier alpha value is -2.38. The fraction of sp³-hybridized carbons (Fsp3) is 0.714. The van der Waals surface area contributed by atoms with Crippen LogP contribution in [0.15, 0.2) is 12.4 Å². The second kappa shape index (κ2) is 8.55. The molecular formula is C21H32N4O4. The Labute approximate surface area is 172 Å². The number of anilines is 1. The molecule has 2 aliphatic rings. The Bertz CT molecular complexity index is 721. The highest BCUT2D eigenvalue weighted by Crippen LogP contribution is 2.40. The number of ether oxygens (including phenoxy) is 2. The van der Waals surface area contributed by atoms with Crippen LogP contribution in [0, 0.1) is 0 Å². The lowest BCUT2D eigenvalue weighted by Gasteiger charge is -2.45. The first-order valence-corrected chi connectivity index (χ1v) is 10.5. The van der Waals surface area contributed by atoms with E-state index in [0.717, 1.165) is 38.6 Å². The van der Waals surface area contributed by atoms with Crippen LogP contribution >= 0.6 is 0 Å². The summed E-state index contributed by atoms with van der Waals surface area (Å²) < 4.78 is 10.6. The average Bonchev–Trinajstić information content (AvgIpc) is 3.08. The first-order valence-electron chi connectivity index (χ1n) is 10.5. The summed E-state index contributed by atoms with van der Waals surface area (Å²) >= 11 is 0. The molecule has 2 saturated heterocycles. The topological polar surface area (TPSA) is 84.9 Å². The van der Waals surface area contributed by atoms with Gasteiger partial charge in [-0.25, -0.2) is 19.6 Å². The van der Waals surface area contributed by atoms with Gasteiger partial charge in [-0.2, -0.15) is 0 Å². The van der Waals surface area contributed by atoms with Gasteiger partial charge in [0.15, 0.2) is 0 Å². The average molecular weight is 405 g/mol. The first-order chi connectivity index (χ1) is 13.7. The van der Waals surface area contributed by atoms with E-state index in [-0.39, 0.29) is 17.6 Å². The van der Waals surface area contributed by atoms with Gasteiger partial charge in [-0.3, -0.25) is 0 Å². The van der Waals surface area contributed by atoms with Crippen molar-refractivity contribution in [3.8, 4) is 0 Å². The molecule has 160 valence electrons. The number of carbonyl (C=O) groups excluding carboxylic acids is 2. The molecule has 0 radical (unpaired) electrons. The molecule has 1 spiro atoms. The fourth-order valence-corrected chi connectivity index (χ4v) is 4.05. The van der Waals surface area contributed by atoms with Crippen LogP contribution < -0.4 is 4.90 Å². The van der Waals surface area contributed by atoms with Crippen molar-refractivity contribution in [3.63, 3.8) is 0 Å².